The second-order valence-electron chi connectivity index (χ2n) is 5.44. The summed E-state index contributed by atoms with van der Waals surface area (Å²) in [6.45, 7) is 0.148. The lowest BCUT2D eigenvalue weighted by molar-refractivity contribution is -0.115. The molecule has 1 fully saturated rings. The molecule has 2 aliphatic rings. The number of nitrogens with one attached hydrogen (secondary N) is 2. The van der Waals surface area contributed by atoms with Crippen LogP contribution in [0.3, 0.4) is 0 Å². The highest BCUT2D eigenvalue weighted by molar-refractivity contribution is 7.92. The van der Waals surface area contributed by atoms with Gasteiger partial charge in [0.15, 0.2) is 9.84 Å². The van der Waals surface area contributed by atoms with Gasteiger partial charge in [-0.1, -0.05) is 0 Å². The molecule has 2 heterocycles. The van der Waals surface area contributed by atoms with Crippen LogP contribution in [0.2, 0.25) is 0 Å². The van der Waals surface area contributed by atoms with Crippen molar-refractivity contribution in [3.8, 4) is 0 Å². The second kappa shape index (κ2) is 5.14. The zero-order valence-electron chi connectivity index (χ0n) is 11.4. The summed E-state index contributed by atoms with van der Waals surface area (Å²) < 4.78 is 23.4. The van der Waals surface area contributed by atoms with Crippen LogP contribution in [0, 0.1) is 0 Å². The number of carbonyl (C=O) groups is 2. The molecule has 1 saturated heterocycles. The molecule has 2 aliphatic heterocycles. The number of fused-ring (bicyclic) bond motifs is 1. The van der Waals surface area contributed by atoms with Crippen molar-refractivity contribution >= 4 is 27.3 Å². The maximum absolute atomic E-state index is 12.1. The second-order valence-corrected chi connectivity index (χ2v) is 7.84. The van der Waals surface area contributed by atoms with Gasteiger partial charge in [0.25, 0.3) is 5.91 Å². The fourth-order valence-electron chi connectivity index (χ4n) is 2.77. The summed E-state index contributed by atoms with van der Waals surface area (Å²) in [5.41, 5.74) is 1.97. The minimum atomic E-state index is -3.05. The Bertz CT molecular complexity index is 712. The molecular weight excluding hydrogens is 292 g/mol. The molecule has 0 spiro atoms. The minimum absolute atomic E-state index is 0.0837. The van der Waals surface area contributed by atoms with Crippen LogP contribution < -0.4 is 10.6 Å². The molecule has 1 aromatic rings. The molecule has 6 nitrogen and oxygen atoms in total. The number of benzene rings is 1. The van der Waals surface area contributed by atoms with Gasteiger partial charge in [0.2, 0.25) is 5.91 Å². The summed E-state index contributed by atoms with van der Waals surface area (Å²) in [5, 5.41) is 4.90. The molecule has 1 atom stereocenters. The third-order valence-electron chi connectivity index (χ3n) is 3.95. The first-order chi connectivity index (χ1) is 9.95. The van der Waals surface area contributed by atoms with E-state index in [-0.39, 0.29) is 30.5 Å². The van der Waals surface area contributed by atoms with Crippen LogP contribution in [0.25, 0.3) is 0 Å². The molecule has 0 saturated carbocycles. The van der Waals surface area contributed by atoms with E-state index in [1.165, 1.54) is 0 Å². The van der Waals surface area contributed by atoms with Gasteiger partial charge in [-0.25, -0.2) is 8.42 Å². The Hall–Kier alpha value is -1.89. The Balaban J connectivity index is 1.67. The Labute approximate surface area is 122 Å². The Kier molecular flexibility index (Phi) is 3.44. The van der Waals surface area contributed by atoms with Crippen molar-refractivity contribution in [1.82, 2.24) is 5.32 Å². The van der Waals surface area contributed by atoms with Crippen LogP contribution in [-0.4, -0.2) is 37.8 Å². The molecule has 21 heavy (non-hydrogen) atoms. The van der Waals surface area contributed by atoms with Gasteiger partial charge in [0.1, 0.15) is 0 Å². The first-order valence-electron chi connectivity index (χ1n) is 6.88. The molecule has 1 aromatic carbocycles. The highest BCUT2D eigenvalue weighted by atomic mass is 32.2. The Morgan fingerprint density at radius 3 is 2.90 bits per heavy atom. The molecule has 7 heteroatoms. The van der Waals surface area contributed by atoms with E-state index in [0.717, 1.165) is 11.3 Å². The van der Waals surface area contributed by atoms with Crippen molar-refractivity contribution in [2.45, 2.75) is 24.5 Å². The number of hydrogen-bond donors (Lipinski definition) is 2. The zero-order chi connectivity index (χ0) is 15.0. The summed E-state index contributed by atoms with van der Waals surface area (Å²) in [7, 11) is -3.05. The molecule has 0 bridgehead atoms. The summed E-state index contributed by atoms with van der Waals surface area (Å²) in [6, 6.07) is 5.00. The highest BCUT2D eigenvalue weighted by Gasteiger charge is 2.31. The van der Waals surface area contributed by atoms with Crippen molar-refractivity contribution in [2.24, 2.45) is 0 Å². The number of rotatable bonds is 3. The zero-order valence-corrected chi connectivity index (χ0v) is 12.2. The normalized spacial score (nSPS) is 22.7. The molecule has 2 amide bonds. The van der Waals surface area contributed by atoms with Crippen LogP contribution >= 0.6 is 0 Å². The monoisotopic (exact) mass is 308 g/mol. The van der Waals surface area contributed by atoms with Crippen molar-refractivity contribution < 1.29 is 18.0 Å². The van der Waals surface area contributed by atoms with Crippen molar-refractivity contribution in [1.29, 1.82) is 0 Å². The third-order valence-corrected chi connectivity index (χ3v) is 6.22. The molecule has 112 valence electrons. The number of hydrogen-bond acceptors (Lipinski definition) is 4. The largest absolute Gasteiger partial charge is 0.351 e. The number of carbonyl (C=O) groups excluding carboxylic acids is 2. The minimum Gasteiger partial charge on any atom is -0.351 e. The average Bonchev–Trinajstić information content (AvgIpc) is 2.96. The van der Waals surface area contributed by atoms with Gasteiger partial charge in [0, 0.05) is 17.8 Å². The van der Waals surface area contributed by atoms with Crippen molar-refractivity contribution in [3.63, 3.8) is 0 Å². The maximum Gasteiger partial charge on any atom is 0.251 e. The third kappa shape index (κ3) is 2.78. The van der Waals surface area contributed by atoms with Gasteiger partial charge in [-0.15, -0.1) is 0 Å². The Morgan fingerprint density at radius 2 is 2.19 bits per heavy atom. The van der Waals surface area contributed by atoms with E-state index in [1.807, 2.05) is 0 Å². The molecular formula is C14H16N2O4S. The lowest BCUT2D eigenvalue weighted by atomic mass is 10.1. The Morgan fingerprint density at radius 1 is 1.38 bits per heavy atom. The van der Waals surface area contributed by atoms with Crippen molar-refractivity contribution in [3.05, 3.63) is 29.3 Å². The summed E-state index contributed by atoms with van der Waals surface area (Å²) >= 11 is 0. The molecule has 0 aliphatic carbocycles. The van der Waals surface area contributed by atoms with E-state index in [2.05, 4.69) is 10.6 Å². The molecule has 2 N–H and O–H groups in total. The number of amides is 2. The number of anilines is 1. The summed E-state index contributed by atoms with van der Waals surface area (Å²) in [5.74, 6) is -0.181. The van der Waals surface area contributed by atoms with E-state index >= 15 is 0 Å². The highest BCUT2D eigenvalue weighted by Crippen LogP contribution is 2.24. The lowest BCUT2D eigenvalue weighted by Crippen LogP contribution is -2.34. The first-order valence-corrected chi connectivity index (χ1v) is 8.60. The van der Waals surface area contributed by atoms with E-state index in [4.69, 9.17) is 0 Å². The van der Waals surface area contributed by atoms with E-state index < -0.39 is 15.1 Å². The maximum atomic E-state index is 12.1. The first kappa shape index (κ1) is 14.1. The lowest BCUT2D eigenvalue weighted by Gasteiger charge is -2.11. The van der Waals surface area contributed by atoms with Gasteiger partial charge in [-0.05, 0) is 36.6 Å². The van der Waals surface area contributed by atoms with E-state index in [0.29, 0.717) is 18.4 Å². The predicted octanol–water partition coefficient (Wildman–Crippen LogP) is 0.488. The molecule has 0 aromatic heterocycles. The SMILES string of the molecule is O=C1Cc2cc(C(=O)NCC3CCCS3(=O)=O)ccc2N1. The number of sulfone groups is 1. The van der Waals surface area contributed by atoms with Crippen molar-refractivity contribution in [2.75, 3.05) is 17.6 Å². The quantitative estimate of drug-likeness (QED) is 0.850. The molecule has 1 unspecified atom stereocenters. The topological polar surface area (TPSA) is 92.3 Å². The average molecular weight is 308 g/mol. The molecule has 0 radical (unpaired) electrons. The fourth-order valence-corrected chi connectivity index (χ4v) is 4.53. The van der Waals surface area contributed by atoms with Crippen LogP contribution in [-0.2, 0) is 21.1 Å². The molecule has 3 rings (SSSR count). The summed E-state index contributed by atoms with van der Waals surface area (Å²) in [6.07, 6.45) is 1.54. The fraction of sp³-hybridized carbons (Fsp3) is 0.429. The van der Waals surface area contributed by atoms with E-state index in [1.54, 1.807) is 18.2 Å². The van der Waals surface area contributed by atoms with Gasteiger partial charge >= 0.3 is 0 Å². The van der Waals surface area contributed by atoms with Crippen LogP contribution in [0.4, 0.5) is 5.69 Å². The predicted molar refractivity (Wildman–Crippen MR) is 77.9 cm³/mol. The van der Waals surface area contributed by atoms with Gasteiger partial charge in [-0.3, -0.25) is 9.59 Å². The van der Waals surface area contributed by atoms with Gasteiger partial charge < -0.3 is 10.6 Å². The van der Waals surface area contributed by atoms with Gasteiger partial charge in [-0.2, -0.15) is 0 Å². The van der Waals surface area contributed by atoms with Crippen LogP contribution in [0.1, 0.15) is 28.8 Å². The van der Waals surface area contributed by atoms with Crippen LogP contribution in [0.15, 0.2) is 18.2 Å². The van der Waals surface area contributed by atoms with Crippen LogP contribution in [0.5, 0.6) is 0 Å². The smallest absolute Gasteiger partial charge is 0.251 e. The van der Waals surface area contributed by atoms with Gasteiger partial charge in [0.05, 0.1) is 17.4 Å². The standard InChI is InChI=1S/C14H16N2O4S/c17-13-7-10-6-9(3-4-12(10)16-13)14(18)15-8-11-2-1-5-21(11,19)20/h3-4,6,11H,1-2,5,7-8H2,(H,15,18)(H,16,17). The van der Waals surface area contributed by atoms with E-state index in [9.17, 15) is 18.0 Å². The summed E-state index contributed by atoms with van der Waals surface area (Å²) in [4.78, 5) is 23.4.